The number of ether oxygens (including phenoxy) is 1. The molecule has 1 N–H and O–H groups in total. The molecule has 11 nitrogen and oxygen atoms in total. The third-order valence-electron chi connectivity index (χ3n) is 4.14. The van der Waals surface area contributed by atoms with E-state index in [4.69, 9.17) is 19.2 Å². The molecule has 0 radical (unpaired) electrons. The van der Waals surface area contributed by atoms with Crippen molar-refractivity contribution in [3.8, 4) is 29.1 Å². The van der Waals surface area contributed by atoms with Crippen LogP contribution in [-0.4, -0.2) is 38.4 Å². The van der Waals surface area contributed by atoms with Gasteiger partial charge < -0.3 is 4.74 Å². The van der Waals surface area contributed by atoms with Crippen molar-refractivity contribution in [1.29, 1.82) is 5.26 Å². The number of thioether (sulfide) groups is 1. The first-order valence-electron chi connectivity index (χ1n) is 9.49. The van der Waals surface area contributed by atoms with Crippen LogP contribution in [0, 0.1) is 17.3 Å². The van der Waals surface area contributed by atoms with E-state index in [9.17, 15) is 9.18 Å². The van der Waals surface area contributed by atoms with E-state index >= 15 is 0 Å². The van der Waals surface area contributed by atoms with Crippen molar-refractivity contribution >= 4 is 33.7 Å². The predicted octanol–water partition coefficient (Wildman–Crippen LogP) is 3.37. The van der Waals surface area contributed by atoms with Crippen molar-refractivity contribution < 1.29 is 18.3 Å². The van der Waals surface area contributed by atoms with Crippen LogP contribution < -0.4 is 15.8 Å². The lowest BCUT2D eigenvalue weighted by Crippen LogP contribution is -2.25. The van der Waals surface area contributed by atoms with Gasteiger partial charge in [-0.05, 0) is 56.6 Å². The maximum Gasteiger partial charge on any atom is 0.446 e. The molecular weight excluding hydrogens is 533 g/mol. The van der Waals surface area contributed by atoms with Gasteiger partial charge in [0.2, 0.25) is 5.82 Å². The smallest absolute Gasteiger partial charge is 0.425 e. The predicted molar refractivity (Wildman–Crippen MR) is 122 cm³/mol. The highest BCUT2D eigenvalue weighted by Gasteiger charge is 2.23. The molecule has 0 amide bonds. The van der Waals surface area contributed by atoms with Crippen LogP contribution in [0.2, 0.25) is 0 Å². The summed E-state index contributed by atoms with van der Waals surface area (Å²) in [6, 6.07) is 12.9. The number of hydrogen-bond donors (Lipinski definition) is 1. The Kier molecular flexibility index (Phi) is 7.35. The number of nitriles is 1. The first-order chi connectivity index (χ1) is 16.6. The van der Waals surface area contributed by atoms with E-state index in [2.05, 4.69) is 41.7 Å². The van der Waals surface area contributed by atoms with Crippen molar-refractivity contribution in [3.63, 3.8) is 0 Å². The molecule has 0 atom stereocenters. The number of halogens is 2. The summed E-state index contributed by atoms with van der Waals surface area (Å²) in [5, 5.41) is 23.1. The SMILES string of the molecule is N#CNC(=NCCSc1nonc1-c1noc(=O)n1-c1ccc(F)c(Br)c1)Oc1ccccc1. The maximum atomic E-state index is 13.6. The minimum atomic E-state index is -0.790. The zero-order chi connectivity index (χ0) is 23.9. The van der Waals surface area contributed by atoms with Gasteiger partial charge in [-0.1, -0.05) is 35.1 Å². The second-order valence-corrected chi connectivity index (χ2v) is 8.25. The fourth-order valence-corrected chi connectivity index (χ4v) is 3.79. The Bertz CT molecular complexity index is 1410. The van der Waals surface area contributed by atoms with Gasteiger partial charge in [0.1, 0.15) is 11.6 Å². The lowest BCUT2D eigenvalue weighted by molar-refractivity contribution is 0.299. The van der Waals surface area contributed by atoms with Gasteiger partial charge >= 0.3 is 11.8 Å². The molecule has 172 valence electrons. The lowest BCUT2D eigenvalue weighted by Gasteiger charge is -2.06. The molecule has 2 aromatic heterocycles. The van der Waals surface area contributed by atoms with Crippen LogP contribution in [0.1, 0.15) is 0 Å². The molecule has 0 spiro atoms. The fraction of sp³-hybridized carbons (Fsp3) is 0.100. The van der Waals surface area contributed by atoms with Crippen LogP contribution in [0.5, 0.6) is 5.75 Å². The van der Waals surface area contributed by atoms with Gasteiger partial charge in [-0.3, -0.25) is 4.52 Å². The number of aromatic nitrogens is 4. The maximum absolute atomic E-state index is 13.6. The third-order valence-corrected chi connectivity index (χ3v) is 5.68. The average Bonchev–Trinajstić information content (AvgIpc) is 3.45. The van der Waals surface area contributed by atoms with Crippen molar-refractivity contribution in [2.75, 3.05) is 12.3 Å². The Morgan fingerprint density at radius 1 is 1.26 bits per heavy atom. The molecule has 0 aliphatic carbocycles. The zero-order valence-corrected chi connectivity index (χ0v) is 19.4. The van der Waals surface area contributed by atoms with E-state index in [1.807, 2.05) is 6.07 Å². The Morgan fingerprint density at radius 3 is 2.85 bits per heavy atom. The minimum Gasteiger partial charge on any atom is -0.425 e. The van der Waals surface area contributed by atoms with Crippen molar-refractivity contribution in [3.05, 3.63) is 69.4 Å². The van der Waals surface area contributed by atoms with Crippen LogP contribution in [0.15, 0.2) is 77.0 Å². The summed E-state index contributed by atoms with van der Waals surface area (Å²) in [5.74, 6) is -0.315. The first-order valence-corrected chi connectivity index (χ1v) is 11.3. The van der Waals surface area contributed by atoms with Crippen molar-refractivity contribution in [2.45, 2.75) is 5.03 Å². The Morgan fingerprint density at radius 2 is 2.09 bits per heavy atom. The Hall–Kier alpha value is -3.96. The first kappa shape index (κ1) is 23.2. The number of para-hydroxylation sites is 1. The zero-order valence-electron chi connectivity index (χ0n) is 17.0. The number of amidine groups is 1. The fourth-order valence-electron chi connectivity index (χ4n) is 2.70. The number of benzene rings is 2. The van der Waals surface area contributed by atoms with Gasteiger partial charge in [0.15, 0.2) is 16.9 Å². The van der Waals surface area contributed by atoms with Gasteiger partial charge in [-0.2, -0.15) is 5.26 Å². The van der Waals surface area contributed by atoms with Crippen molar-refractivity contribution in [1.82, 2.24) is 25.4 Å². The standard InChI is InChI=1S/C20H13BrFN7O4S/c21-14-10-12(6-7-15(14)22)29-17(27-32-20(29)30)16-18(28-33-26-16)34-9-8-24-19(25-11-23)31-13-4-2-1-3-5-13/h1-7,10H,8-9H2,(H,24,25). The molecule has 0 fully saturated rings. The third kappa shape index (κ3) is 5.33. The number of nitrogens with one attached hydrogen (secondary N) is 1. The highest BCUT2D eigenvalue weighted by Crippen LogP contribution is 2.29. The molecule has 2 aromatic carbocycles. The number of aliphatic imine (C=N–C) groups is 1. The molecule has 0 saturated heterocycles. The van der Waals surface area contributed by atoms with Gasteiger partial charge in [-0.25, -0.2) is 28.7 Å². The quantitative estimate of drug-likeness (QED) is 0.0915. The summed E-state index contributed by atoms with van der Waals surface area (Å²) in [6.45, 7) is 0.254. The molecule has 4 aromatic rings. The van der Waals surface area contributed by atoms with E-state index in [0.29, 0.717) is 22.2 Å². The summed E-state index contributed by atoms with van der Waals surface area (Å²) < 4.78 is 30.1. The van der Waals surface area contributed by atoms with Crippen LogP contribution in [0.3, 0.4) is 0 Å². The summed E-state index contributed by atoms with van der Waals surface area (Å²) in [6.07, 6.45) is 1.78. The van der Waals surface area contributed by atoms with Crippen LogP contribution in [0.4, 0.5) is 4.39 Å². The highest BCUT2D eigenvalue weighted by molar-refractivity contribution is 9.10. The second-order valence-electron chi connectivity index (χ2n) is 6.31. The topological polar surface area (TPSA) is 144 Å². The molecule has 0 saturated carbocycles. The van der Waals surface area contributed by atoms with Gasteiger partial charge in [0.25, 0.3) is 0 Å². The number of rotatable bonds is 7. The van der Waals surface area contributed by atoms with Crippen LogP contribution in [0.25, 0.3) is 17.2 Å². The van der Waals surface area contributed by atoms with Gasteiger partial charge in [0, 0.05) is 5.75 Å². The van der Waals surface area contributed by atoms with E-state index in [0.717, 1.165) is 4.57 Å². The Balaban J connectivity index is 1.49. The summed E-state index contributed by atoms with van der Waals surface area (Å²) in [7, 11) is 0. The van der Waals surface area contributed by atoms with Crippen LogP contribution >= 0.6 is 27.7 Å². The molecule has 0 aliphatic heterocycles. The monoisotopic (exact) mass is 545 g/mol. The molecule has 34 heavy (non-hydrogen) atoms. The number of nitrogens with zero attached hydrogens (tertiary/aromatic N) is 6. The lowest BCUT2D eigenvalue weighted by atomic mass is 10.3. The van der Waals surface area contributed by atoms with E-state index in [1.54, 1.807) is 30.5 Å². The minimum absolute atomic E-state index is 0.0370. The van der Waals surface area contributed by atoms with Crippen molar-refractivity contribution in [2.24, 2.45) is 4.99 Å². The summed E-state index contributed by atoms with van der Waals surface area (Å²) >= 11 is 4.32. The highest BCUT2D eigenvalue weighted by atomic mass is 79.9. The molecule has 4 rings (SSSR count). The molecule has 14 heteroatoms. The summed E-state index contributed by atoms with van der Waals surface area (Å²) in [5.41, 5.74) is 0.472. The van der Waals surface area contributed by atoms with E-state index in [-0.39, 0.29) is 28.6 Å². The Labute approximate surface area is 203 Å². The average molecular weight is 546 g/mol. The normalized spacial score (nSPS) is 11.3. The summed E-state index contributed by atoms with van der Waals surface area (Å²) in [4.78, 5) is 16.5. The van der Waals surface area contributed by atoms with Gasteiger partial charge in [-0.15, -0.1) is 0 Å². The largest absolute Gasteiger partial charge is 0.446 e. The molecular formula is C20H13BrFN7O4S. The number of hydrogen-bond acceptors (Lipinski definition) is 10. The van der Waals surface area contributed by atoms with Crippen LogP contribution in [-0.2, 0) is 0 Å². The molecule has 2 heterocycles. The van der Waals surface area contributed by atoms with E-state index in [1.165, 1.54) is 30.0 Å². The second kappa shape index (κ2) is 10.8. The van der Waals surface area contributed by atoms with E-state index < -0.39 is 11.6 Å². The molecule has 0 bridgehead atoms. The molecule has 0 aliphatic rings. The van der Waals surface area contributed by atoms with Gasteiger partial charge in [0.05, 0.1) is 16.7 Å². The molecule has 0 unspecified atom stereocenters.